The van der Waals surface area contributed by atoms with Crippen molar-refractivity contribution in [2.24, 2.45) is 0 Å². The van der Waals surface area contributed by atoms with Crippen LogP contribution in [0.15, 0.2) is 42.5 Å². The summed E-state index contributed by atoms with van der Waals surface area (Å²) in [6.07, 6.45) is 0. The maximum absolute atomic E-state index is 9.86. The fourth-order valence-electron chi connectivity index (χ4n) is 1.60. The molecule has 0 unspecified atom stereocenters. The molecule has 0 radical (unpaired) electrons. The van der Waals surface area contributed by atoms with Gasteiger partial charge in [0.15, 0.2) is 0 Å². The highest BCUT2D eigenvalue weighted by Crippen LogP contribution is 2.34. The molecule has 2 rings (SSSR count). The zero-order valence-corrected chi connectivity index (χ0v) is 8.44. The molecular formula is C13H12O2. The van der Waals surface area contributed by atoms with Crippen molar-refractivity contribution in [2.45, 2.75) is 6.92 Å². The average Bonchev–Trinajstić information content (AvgIpc) is 2.24. The topological polar surface area (TPSA) is 40.5 Å². The maximum Gasteiger partial charge on any atom is 0.126 e. The van der Waals surface area contributed by atoms with E-state index in [1.807, 2.05) is 30.3 Å². The summed E-state index contributed by atoms with van der Waals surface area (Å²) in [5.74, 6) is 0.392. The number of rotatable bonds is 1. The maximum atomic E-state index is 9.86. The van der Waals surface area contributed by atoms with Crippen molar-refractivity contribution < 1.29 is 10.2 Å². The Hall–Kier alpha value is -1.96. The summed E-state index contributed by atoms with van der Waals surface area (Å²) in [4.78, 5) is 0. The highest BCUT2D eigenvalue weighted by molar-refractivity contribution is 5.73. The highest BCUT2D eigenvalue weighted by atomic mass is 16.3. The monoisotopic (exact) mass is 200 g/mol. The summed E-state index contributed by atoms with van der Waals surface area (Å²) in [5.41, 5.74) is 2.23. The van der Waals surface area contributed by atoms with E-state index in [0.717, 1.165) is 5.56 Å². The zero-order chi connectivity index (χ0) is 10.8. The van der Waals surface area contributed by atoms with Gasteiger partial charge in [-0.2, -0.15) is 0 Å². The molecule has 0 aliphatic rings. The zero-order valence-electron chi connectivity index (χ0n) is 8.44. The van der Waals surface area contributed by atoms with Gasteiger partial charge < -0.3 is 10.2 Å². The van der Waals surface area contributed by atoms with Crippen LogP contribution in [0.1, 0.15) is 5.56 Å². The van der Waals surface area contributed by atoms with E-state index >= 15 is 0 Å². The van der Waals surface area contributed by atoms with E-state index in [0.29, 0.717) is 11.1 Å². The molecule has 0 heterocycles. The molecule has 2 heteroatoms. The number of hydrogen-bond acceptors (Lipinski definition) is 2. The third-order valence-electron chi connectivity index (χ3n) is 2.37. The van der Waals surface area contributed by atoms with E-state index < -0.39 is 0 Å². The SMILES string of the molecule is Cc1cc(O)cc(-c2ccccc2)c1O. The van der Waals surface area contributed by atoms with Gasteiger partial charge in [-0.15, -0.1) is 0 Å². The average molecular weight is 200 g/mol. The van der Waals surface area contributed by atoms with Crippen LogP contribution in [0, 0.1) is 6.92 Å². The van der Waals surface area contributed by atoms with Crippen LogP contribution in [0.25, 0.3) is 11.1 Å². The number of benzene rings is 2. The van der Waals surface area contributed by atoms with Crippen LogP contribution >= 0.6 is 0 Å². The molecular weight excluding hydrogens is 188 g/mol. The third-order valence-corrected chi connectivity index (χ3v) is 2.37. The van der Waals surface area contributed by atoms with Crippen LogP contribution in [-0.2, 0) is 0 Å². The van der Waals surface area contributed by atoms with Crippen molar-refractivity contribution >= 4 is 0 Å². The minimum atomic E-state index is 0.171. The Balaban J connectivity index is 2.63. The Labute approximate surface area is 88.4 Å². The molecule has 2 aromatic carbocycles. The summed E-state index contributed by atoms with van der Waals surface area (Å²) < 4.78 is 0. The number of aryl methyl sites for hydroxylation is 1. The Bertz CT molecular complexity index is 475. The number of hydrogen-bond donors (Lipinski definition) is 2. The van der Waals surface area contributed by atoms with Gasteiger partial charge in [0, 0.05) is 5.56 Å². The molecule has 2 N–H and O–H groups in total. The second kappa shape index (κ2) is 3.65. The van der Waals surface area contributed by atoms with Crippen LogP contribution in [-0.4, -0.2) is 10.2 Å². The Morgan fingerprint density at radius 3 is 2.27 bits per heavy atom. The molecule has 0 aromatic heterocycles. The fourth-order valence-corrected chi connectivity index (χ4v) is 1.60. The van der Waals surface area contributed by atoms with Crippen LogP contribution in [0.4, 0.5) is 0 Å². The van der Waals surface area contributed by atoms with Crippen molar-refractivity contribution in [3.63, 3.8) is 0 Å². The number of phenols is 2. The molecule has 0 saturated heterocycles. The molecule has 76 valence electrons. The first kappa shape index (κ1) is 9.59. The lowest BCUT2D eigenvalue weighted by Crippen LogP contribution is -1.82. The van der Waals surface area contributed by atoms with Crippen molar-refractivity contribution in [1.82, 2.24) is 0 Å². The van der Waals surface area contributed by atoms with E-state index in [-0.39, 0.29) is 11.5 Å². The molecule has 0 amide bonds. The molecule has 0 aliphatic heterocycles. The van der Waals surface area contributed by atoms with Gasteiger partial charge in [0.05, 0.1) is 0 Å². The van der Waals surface area contributed by atoms with Gasteiger partial charge in [-0.1, -0.05) is 30.3 Å². The van der Waals surface area contributed by atoms with Crippen LogP contribution in [0.5, 0.6) is 11.5 Å². The predicted molar refractivity (Wildman–Crippen MR) is 59.9 cm³/mol. The first-order chi connectivity index (χ1) is 7.18. The van der Waals surface area contributed by atoms with Gasteiger partial charge in [0.25, 0.3) is 0 Å². The molecule has 0 fully saturated rings. The molecule has 15 heavy (non-hydrogen) atoms. The standard InChI is InChI=1S/C13H12O2/c1-9-7-11(14)8-12(13(9)15)10-5-3-2-4-6-10/h2-8,14-15H,1H3. The van der Waals surface area contributed by atoms with E-state index in [1.54, 1.807) is 19.1 Å². The second-order valence-corrected chi connectivity index (χ2v) is 3.52. The van der Waals surface area contributed by atoms with Crippen molar-refractivity contribution in [2.75, 3.05) is 0 Å². The van der Waals surface area contributed by atoms with Crippen LogP contribution < -0.4 is 0 Å². The van der Waals surface area contributed by atoms with E-state index in [4.69, 9.17) is 0 Å². The van der Waals surface area contributed by atoms with Crippen molar-refractivity contribution in [3.8, 4) is 22.6 Å². The summed E-state index contributed by atoms with van der Waals surface area (Å²) >= 11 is 0. The lowest BCUT2D eigenvalue weighted by molar-refractivity contribution is 0.458. The predicted octanol–water partition coefficient (Wildman–Crippen LogP) is 3.07. The molecule has 0 aliphatic carbocycles. The Kier molecular flexibility index (Phi) is 2.34. The van der Waals surface area contributed by atoms with E-state index in [1.165, 1.54) is 0 Å². The minimum absolute atomic E-state index is 0.171. The number of phenolic OH excluding ortho intramolecular Hbond substituents is 2. The molecule has 2 nitrogen and oxygen atoms in total. The molecule has 2 aromatic rings. The van der Waals surface area contributed by atoms with Crippen LogP contribution in [0.3, 0.4) is 0 Å². The highest BCUT2D eigenvalue weighted by Gasteiger charge is 2.08. The Morgan fingerprint density at radius 2 is 1.60 bits per heavy atom. The lowest BCUT2D eigenvalue weighted by Gasteiger charge is -2.08. The molecule has 0 bridgehead atoms. The first-order valence-electron chi connectivity index (χ1n) is 4.76. The minimum Gasteiger partial charge on any atom is -0.508 e. The van der Waals surface area contributed by atoms with E-state index in [2.05, 4.69) is 0 Å². The van der Waals surface area contributed by atoms with Gasteiger partial charge in [-0.3, -0.25) is 0 Å². The smallest absolute Gasteiger partial charge is 0.126 e. The quantitative estimate of drug-likeness (QED) is 0.694. The largest absolute Gasteiger partial charge is 0.508 e. The molecule has 0 saturated carbocycles. The fraction of sp³-hybridized carbons (Fsp3) is 0.0769. The second-order valence-electron chi connectivity index (χ2n) is 3.52. The van der Waals surface area contributed by atoms with Gasteiger partial charge in [-0.25, -0.2) is 0 Å². The summed E-state index contributed by atoms with van der Waals surface area (Å²) in [6.45, 7) is 1.77. The third kappa shape index (κ3) is 1.79. The summed E-state index contributed by atoms with van der Waals surface area (Å²) in [6, 6.07) is 12.6. The van der Waals surface area contributed by atoms with Gasteiger partial charge in [-0.05, 0) is 30.2 Å². The first-order valence-corrected chi connectivity index (χ1v) is 4.76. The summed E-state index contributed by atoms with van der Waals surface area (Å²) in [5, 5.41) is 19.3. The van der Waals surface area contributed by atoms with Gasteiger partial charge in [0.2, 0.25) is 0 Å². The van der Waals surface area contributed by atoms with Crippen molar-refractivity contribution in [3.05, 3.63) is 48.0 Å². The summed E-state index contributed by atoms with van der Waals surface area (Å²) in [7, 11) is 0. The normalized spacial score (nSPS) is 10.2. The van der Waals surface area contributed by atoms with Crippen molar-refractivity contribution in [1.29, 1.82) is 0 Å². The molecule has 0 spiro atoms. The van der Waals surface area contributed by atoms with Gasteiger partial charge in [0.1, 0.15) is 11.5 Å². The van der Waals surface area contributed by atoms with Crippen LogP contribution in [0.2, 0.25) is 0 Å². The molecule has 0 atom stereocenters. The van der Waals surface area contributed by atoms with E-state index in [9.17, 15) is 10.2 Å². The van der Waals surface area contributed by atoms with Gasteiger partial charge >= 0.3 is 0 Å². The number of aromatic hydroxyl groups is 2. The lowest BCUT2D eigenvalue weighted by atomic mass is 10.0. The Morgan fingerprint density at radius 1 is 0.933 bits per heavy atom.